The van der Waals surface area contributed by atoms with Gasteiger partial charge in [-0.3, -0.25) is 0 Å². The molecule has 0 spiro atoms. The molecule has 0 atom stereocenters. The number of hydrogen-bond acceptors (Lipinski definition) is 1. The van der Waals surface area contributed by atoms with Crippen LogP contribution >= 0.6 is 0 Å². The normalized spacial score (nSPS) is 11.6. The minimum Gasteiger partial charge on any atom is -0.316 e. The lowest BCUT2D eigenvalue weighted by Crippen LogP contribution is -2.09. The fourth-order valence-corrected chi connectivity index (χ4v) is 3.41. The molecule has 4 aromatic rings. The lowest BCUT2D eigenvalue weighted by Gasteiger charge is -2.24. The molecule has 0 fully saturated rings. The van der Waals surface area contributed by atoms with E-state index in [-0.39, 0.29) is 0 Å². The summed E-state index contributed by atoms with van der Waals surface area (Å²) < 4.78 is 0. The highest BCUT2D eigenvalue weighted by Gasteiger charge is 2.12. The smallest absolute Gasteiger partial charge is 0.0534 e. The van der Waals surface area contributed by atoms with Crippen molar-refractivity contribution in [2.75, 3.05) is 4.90 Å². The van der Waals surface area contributed by atoms with Crippen LogP contribution in [0.1, 0.15) is 0 Å². The van der Waals surface area contributed by atoms with E-state index < -0.39 is 0 Å². The van der Waals surface area contributed by atoms with Crippen LogP contribution in [0.15, 0.2) is 122 Å². The van der Waals surface area contributed by atoms with Crippen LogP contribution in [0.25, 0.3) is 21.5 Å². The molecular formula is C26H21N. The Morgan fingerprint density at radius 3 is 1.63 bits per heavy atom. The van der Waals surface area contributed by atoms with Gasteiger partial charge < -0.3 is 4.90 Å². The number of benzene rings is 4. The Kier molecular flexibility index (Phi) is 4.84. The lowest BCUT2D eigenvalue weighted by atomic mass is 10.0. The first-order chi connectivity index (χ1) is 13.4. The van der Waals surface area contributed by atoms with Crippen molar-refractivity contribution >= 4 is 32.9 Å². The van der Waals surface area contributed by atoms with Crippen molar-refractivity contribution < 1.29 is 0 Å². The van der Waals surface area contributed by atoms with Gasteiger partial charge in [0.2, 0.25) is 0 Å². The zero-order valence-electron chi connectivity index (χ0n) is 15.1. The van der Waals surface area contributed by atoms with Gasteiger partial charge in [-0.1, -0.05) is 97.6 Å². The van der Waals surface area contributed by atoms with Crippen molar-refractivity contribution in [2.45, 2.75) is 0 Å². The maximum absolute atomic E-state index is 3.74. The zero-order chi connectivity index (χ0) is 18.5. The molecule has 0 aliphatic rings. The maximum Gasteiger partial charge on any atom is 0.0534 e. The highest BCUT2D eigenvalue weighted by molar-refractivity contribution is 6.02. The summed E-state index contributed by atoms with van der Waals surface area (Å²) in [5.74, 6) is 0. The third-order valence-electron chi connectivity index (χ3n) is 4.65. The first-order valence-corrected chi connectivity index (χ1v) is 9.09. The predicted molar refractivity (Wildman–Crippen MR) is 119 cm³/mol. The second-order valence-electron chi connectivity index (χ2n) is 6.33. The van der Waals surface area contributed by atoms with Crippen LogP contribution in [0.2, 0.25) is 0 Å². The number of nitrogens with zero attached hydrogens (tertiary/aromatic N) is 1. The summed E-state index contributed by atoms with van der Waals surface area (Å²) in [7, 11) is 0. The van der Waals surface area contributed by atoms with E-state index >= 15 is 0 Å². The van der Waals surface area contributed by atoms with Crippen molar-refractivity contribution in [1.29, 1.82) is 0 Å². The molecule has 0 heterocycles. The molecule has 0 unspecified atom stereocenters. The molecule has 0 N–H and O–H groups in total. The molecule has 0 aromatic heterocycles. The molecule has 4 aromatic carbocycles. The molecule has 1 nitrogen and oxygen atoms in total. The van der Waals surface area contributed by atoms with Crippen LogP contribution in [0.4, 0.5) is 11.4 Å². The Hall–Kier alpha value is -3.58. The van der Waals surface area contributed by atoms with E-state index in [1.54, 1.807) is 6.08 Å². The van der Waals surface area contributed by atoms with Crippen LogP contribution in [-0.4, -0.2) is 0 Å². The minimum absolute atomic E-state index is 1.16. The minimum atomic E-state index is 1.16. The standard InChI is InChI=1S/C26H21N/c1-2-3-4-9-20-27(25-18-10-14-21-12-5-7-16-23(21)25)26-19-11-15-22-13-6-8-17-24(22)26/h2-20H,1H2/b4-3-,20-9-. The van der Waals surface area contributed by atoms with Gasteiger partial charge >= 0.3 is 0 Å². The first-order valence-electron chi connectivity index (χ1n) is 9.09. The summed E-state index contributed by atoms with van der Waals surface area (Å²) in [6, 6.07) is 29.9. The maximum atomic E-state index is 3.74. The monoisotopic (exact) mass is 347 g/mol. The third kappa shape index (κ3) is 3.40. The number of allylic oxidation sites excluding steroid dienone is 4. The van der Waals surface area contributed by atoms with Gasteiger partial charge in [-0.15, -0.1) is 0 Å². The summed E-state index contributed by atoms with van der Waals surface area (Å²) in [5.41, 5.74) is 2.32. The van der Waals surface area contributed by atoms with Gasteiger partial charge in [0.1, 0.15) is 0 Å². The topological polar surface area (TPSA) is 3.24 Å². The summed E-state index contributed by atoms with van der Waals surface area (Å²) in [6.45, 7) is 3.74. The van der Waals surface area contributed by atoms with Crippen LogP contribution < -0.4 is 4.90 Å². The average Bonchev–Trinajstić information content (AvgIpc) is 2.73. The third-order valence-corrected chi connectivity index (χ3v) is 4.65. The van der Waals surface area contributed by atoms with Crippen molar-refractivity contribution in [3.8, 4) is 0 Å². The number of hydrogen-bond donors (Lipinski definition) is 0. The molecule has 0 bridgehead atoms. The Balaban J connectivity index is 1.95. The molecule has 4 rings (SSSR count). The second-order valence-corrected chi connectivity index (χ2v) is 6.33. The largest absolute Gasteiger partial charge is 0.316 e. The van der Waals surface area contributed by atoms with Crippen molar-refractivity contribution in [1.82, 2.24) is 0 Å². The van der Waals surface area contributed by atoms with E-state index in [4.69, 9.17) is 0 Å². The molecular weight excluding hydrogens is 326 g/mol. The molecule has 0 amide bonds. The van der Waals surface area contributed by atoms with Gasteiger partial charge in [0.25, 0.3) is 0 Å². The van der Waals surface area contributed by atoms with Gasteiger partial charge in [0.05, 0.1) is 11.4 Å². The highest BCUT2D eigenvalue weighted by Crippen LogP contribution is 2.36. The number of anilines is 2. The van der Waals surface area contributed by atoms with Crippen LogP contribution in [-0.2, 0) is 0 Å². The molecule has 130 valence electrons. The molecule has 0 aliphatic carbocycles. The van der Waals surface area contributed by atoms with Crippen molar-refractivity contribution in [2.24, 2.45) is 0 Å². The summed E-state index contributed by atoms with van der Waals surface area (Å²) in [6.07, 6.45) is 9.87. The highest BCUT2D eigenvalue weighted by atomic mass is 15.1. The molecule has 0 saturated heterocycles. The van der Waals surface area contributed by atoms with Gasteiger partial charge in [-0.05, 0) is 29.0 Å². The van der Waals surface area contributed by atoms with Crippen LogP contribution in [0.3, 0.4) is 0 Å². The van der Waals surface area contributed by atoms with Crippen molar-refractivity contribution in [3.63, 3.8) is 0 Å². The first kappa shape index (κ1) is 16.9. The Morgan fingerprint density at radius 1 is 0.556 bits per heavy atom. The van der Waals surface area contributed by atoms with Crippen molar-refractivity contribution in [3.05, 3.63) is 122 Å². The zero-order valence-corrected chi connectivity index (χ0v) is 15.1. The summed E-state index contributed by atoms with van der Waals surface area (Å²) in [4.78, 5) is 2.26. The fraction of sp³-hybridized carbons (Fsp3) is 0. The second kappa shape index (κ2) is 7.76. The van der Waals surface area contributed by atoms with E-state index in [9.17, 15) is 0 Å². The van der Waals surface area contributed by atoms with E-state index in [2.05, 4.69) is 103 Å². The van der Waals surface area contributed by atoms with E-state index in [1.165, 1.54) is 21.5 Å². The van der Waals surface area contributed by atoms with Gasteiger partial charge in [0, 0.05) is 17.0 Å². The van der Waals surface area contributed by atoms with E-state index in [1.807, 2.05) is 18.2 Å². The average molecular weight is 347 g/mol. The predicted octanol–water partition coefficient (Wildman–Crippen LogP) is 7.39. The number of rotatable bonds is 5. The molecule has 0 radical (unpaired) electrons. The Bertz CT molecular complexity index is 1060. The quantitative estimate of drug-likeness (QED) is 0.340. The Labute approximate surface area is 160 Å². The fourth-order valence-electron chi connectivity index (χ4n) is 3.41. The SMILES string of the molecule is C=C/C=C\C=C/N(c1cccc2ccccc12)c1cccc2ccccc12. The van der Waals surface area contributed by atoms with Gasteiger partial charge in [-0.25, -0.2) is 0 Å². The van der Waals surface area contributed by atoms with E-state index in [0.717, 1.165) is 11.4 Å². The Morgan fingerprint density at radius 2 is 1.07 bits per heavy atom. The van der Waals surface area contributed by atoms with Gasteiger partial charge in [0.15, 0.2) is 0 Å². The molecule has 1 heteroatoms. The summed E-state index contributed by atoms with van der Waals surface area (Å²) in [5, 5.41) is 4.92. The van der Waals surface area contributed by atoms with Crippen LogP contribution in [0, 0.1) is 0 Å². The van der Waals surface area contributed by atoms with E-state index in [0.29, 0.717) is 0 Å². The lowest BCUT2D eigenvalue weighted by molar-refractivity contribution is 1.31. The van der Waals surface area contributed by atoms with Gasteiger partial charge in [-0.2, -0.15) is 0 Å². The molecule has 27 heavy (non-hydrogen) atoms. The molecule has 0 aliphatic heterocycles. The molecule has 0 saturated carbocycles. The van der Waals surface area contributed by atoms with Crippen LogP contribution in [0.5, 0.6) is 0 Å². The number of fused-ring (bicyclic) bond motifs is 2. The summed E-state index contributed by atoms with van der Waals surface area (Å²) >= 11 is 0.